The predicted octanol–water partition coefficient (Wildman–Crippen LogP) is 4.33. The minimum Gasteiger partial charge on any atom is -0.496 e. The van der Waals surface area contributed by atoms with E-state index in [0.717, 1.165) is 0 Å². The Kier molecular flexibility index (Phi) is 5.31. The lowest BCUT2D eigenvalue weighted by Crippen LogP contribution is -2.16. The molecule has 3 rings (SSSR count). The molecular weight excluding hydrogens is 373 g/mol. The van der Waals surface area contributed by atoms with E-state index < -0.39 is 11.8 Å². The van der Waals surface area contributed by atoms with Gasteiger partial charge in [0.2, 0.25) is 0 Å². The van der Waals surface area contributed by atoms with Crippen LogP contribution in [0.3, 0.4) is 0 Å². The number of nitrogens with zero attached hydrogens (tertiary/aromatic N) is 1. The monoisotopic (exact) mass is 387 g/mol. The van der Waals surface area contributed by atoms with E-state index in [9.17, 15) is 9.59 Å². The average Bonchev–Trinajstić information content (AvgIpc) is 2.89. The van der Waals surface area contributed by atoms with Crippen LogP contribution in [0.5, 0.6) is 5.75 Å². The van der Waals surface area contributed by atoms with Gasteiger partial charge in [-0.3, -0.25) is 14.6 Å². The molecule has 0 N–H and O–H groups in total. The third kappa shape index (κ3) is 3.33. The molecule has 2 aromatic rings. The van der Waals surface area contributed by atoms with Crippen molar-refractivity contribution in [1.82, 2.24) is 4.98 Å². The van der Waals surface area contributed by atoms with Gasteiger partial charge < -0.3 is 4.74 Å². The van der Waals surface area contributed by atoms with Crippen LogP contribution in [0.25, 0.3) is 11.3 Å². The molecule has 0 radical (unpaired) electrons. The number of halogens is 2. The molecule has 6 heteroatoms. The van der Waals surface area contributed by atoms with Crippen LogP contribution in [-0.2, 0) is 9.59 Å². The van der Waals surface area contributed by atoms with Crippen molar-refractivity contribution in [2.75, 3.05) is 7.11 Å². The number of terminal acetylenes is 1. The zero-order chi connectivity index (χ0) is 18.8. The van der Waals surface area contributed by atoms with E-state index in [0.29, 0.717) is 27.6 Å². The molecule has 0 spiro atoms. The fraction of sp³-hybridized carbons (Fsp3) is 0.250. The summed E-state index contributed by atoms with van der Waals surface area (Å²) in [6.07, 6.45) is 7.20. The average molecular weight is 388 g/mol. The summed E-state index contributed by atoms with van der Waals surface area (Å²) in [4.78, 5) is 29.4. The number of pyridine rings is 1. The first-order valence-electron chi connectivity index (χ1n) is 7.95. The minimum absolute atomic E-state index is 0.133. The number of ketones is 2. The lowest BCUT2D eigenvalue weighted by atomic mass is 9.91. The summed E-state index contributed by atoms with van der Waals surface area (Å²) in [6.45, 7) is 0. The topological polar surface area (TPSA) is 56.3 Å². The Labute approximate surface area is 161 Å². The second-order valence-corrected chi connectivity index (χ2v) is 6.89. The van der Waals surface area contributed by atoms with E-state index in [2.05, 4.69) is 10.9 Å². The first-order chi connectivity index (χ1) is 12.5. The summed E-state index contributed by atoms with van der Waals surface area (Å²) in [6, 6.07) is 6.85. The maximum absolute atomic E-state index is 12.7. The zero-order valence-corrected chi connectivity index (χ0v) is 15.5. The summed E-state index contributed by atoms with van der Waals surface area (Å²) in [7, 11) is 1.47. The molecule has 0 saturated heterocycles. The highest BCUT2D eigenvalue weighted by molar-refractivity contribution is 6.33. The molecule has 132 valence electrons. The van der Waals surface area contributed by atoms with Gasteiger partial charge in [0.05, 0.1) is 17.8 Å². The van der Waals surface area contributed by atoms with Gasteiger partial charge in [0.1, 0.15) is 17.5 Å². The van der Waals surface area contributed by atoms with E-state index >= 15 is 0 Å². The fourth-order valence-corrected chi connectivity index (χ4v) is 3.64. The highest BCUT2D eigenvalue weighted by Crippen LogP contribution is 2.43. The molecule has 1 fully saturated rings. The van der Waals surface area contributed by atoms with Gasteiger partial charge in [0.25, 0.3) is 0 Å². The van der Waals surface area contributed by atoms with E-state index in [1.807, 2.05) is 0 Å². The molecule has 1 aromatic carbocycles. The van der Waals surface area contributed by atoms with Gasteiger partial charge >= 0.3 is 0 Å². The number of methoxy groups -OCH3 is 1. The van der Waals surface area contributed by atoms with Crippen molar-refractivity contribution in [3.63, 3.8) is 0 Å². The van der Waals surface area contributed by atoms with Crippen LogP contribution in [0.4, 0.5) is 0 Å². The number of rotatable bonds is 4. The number of benzene rings is 1. The largest absolute Gasteiger partial charge is 0.496 e. The van der Waals surface area contributed by atoms with E-state index in [4.69, 9.17) is 34.4 Å². The molecule has 0 bridgehead atoms. The molecule has 1 aliphatic carbocycles. The standard InChI is InChI=1S/C20H15Cl2NO3/c1-3-4-11-8-16(24)19(20(11)25)18-14(22)7-12(9-17(18)26-2)15-6-5-13(21)10-23-15/h1,5-7,9-11,19H,4,8H2,2H3. The van der Waals surface area contributed by atoms with Crippen LogP contribution in [0.15, 0.2) is 30.5 Å². The maximum Gasteiger partial charge on any atom is 0.152 e. The van der Waals surface area contributed by atoms with Crippen molar-refractivity contribution >= 4 is 34.8 Å². The molecule has 2 unspecified atom stereocenters. The Bertz CT molecular complexity index is 916. The summed E-state index contributed by atoms with van der Waals surface area (Å²) in [5.41, 5.74) is 1.74. The minimum atomic E-state index is -0.942. The van der Waals surface area contributed by atoms with Crippen molar-refractivity contribution < 1.29 is 14.3 Å². The Morgan fingerprint density at radius 3 is 2.69 bits per heavy atom. The second-order valence-electron chi connectivity index (χ2n) is 6.05. The van der Waals surface area contributed by atoms with Gasteiger partial charge in [0, 0.05) is 41.1 Å². The van der Waals surface area contributed by atoms with E-state index in [-0.39, 0.29) is 29.4 Å². The molecule has 26 heavy (non-hydrogen) atoms. The third-order valence-corrected chi connectivity index (χ3v) is 4.98. The Balaban J connectivity index is 2.06. The summed E-state index contributed by atoms with van der Waals surface area (Å²) >= 11 is 12.3. The predicted molar refractivity (Wildman–Crippen MR) is 101 cm³/mol. The van der Waals surface area contributed by atoms with Crippen molar-refractivity contribution in [3.8, 4) is 29.4 Å². The molecule has 1 aromatic heterocycles. The van der Waals surface area contributed by atoms with Crippen LogP contribution in [-0.4, -0.2) is 23.7 Å². The number of carbonyl (C=O) groups excluding carboxylic acids is 2. The quantitative estimate of drug-likeness (QED) is 0.578. The van der Waals surface area contributed by atoms with Crippen molar-refractivity contribution in [2.24, 2.45) is 5.92 Å². The number of ether oxygens (including phenoxy) is 1. The van der Waals surface area contributed by atoms with Gasteiger partial charge in [0.15, 0.2) is 5.78 Å². The van der Waals surface area contributed by atoms with Gasteiger partial charge in [-0.1, -0.05) is 23.2 Å². The fourth-order valence-electron chi connectivity index (χ4n) is 3.21. The van der Waals surface area contributed by atoms with Crippen molar-refractivity contribution in [2.45, 2.75) is 18.8 Å². The van der Waals surface area contributed by atoms with Gasteiger partial charge in [-0.25, -0.2) is 0 Å². The van der Waals surface area contributed by atoms with Crippen molar-refractivity contribution in [3.05, 3.63) is 46.1 Å². The first kappa shape index (κ1) is 18.4. The van der Waals surface area contributed by atoms with E-state index in [1.54, 1.807) is 24.3 Å². The van der Waals surface area contributed by atoms with E-state index in [1.165, 1.54) is 13.3 Å². The summed E-state index contributed by atoms with van der Waals surface area (Å²) in [5.74, 6) is 1.03. The summed E-state index contributed by atoms with van der Waals surface area (Å²) in [5, 5.41) is 0.800. The van der Waals surface area contributed by atoms with Gasteiger partial charge in [-0.15, -0.1) is 12.3 Å². The smallest absolute Gasteiger partial charge is 0.152 e. The zero-order valence-electron chi connectivity index (χ0n) is 14.0. The lowest BCUT2D eigenvalue weighted by Gasteiger charge is -2.17. The number of hydrogen-bond acceptors (Lipinski definition) is 4. The Morgan fingerprint density at radius 2 is 2.08 bits per heavy atom. The molecule has 1 saturated carbocycles. The third-order valence-electron chi connectivity index (χ3n) is 4.44. The summed E-state index contributed by atoms with van der Waals surface area (Å²) < 4.78 is 5.43. The Morgan fingerprint density at radius 1 is 1.31 bits per heavy atom. The van der Waals surface area contributed by atoms with Crippen LogP contribution >= 0.6 is 23.2 Å². The molecule has 1 heterocycles. The highest BCUT2D eigenvalue weighted by atomic mass is 35.5. The Hall–Kier alpha value is -2.35. The molecule has 0 aliphatic heterocycles. The number of aromatic nitrogens is 1. The number of Topliss-reactive ketones (excluding diaryl/α,β-unsaturated/α-hetero) is 2. The van der Waals surface area contributed by atoms with Crippen LogP contribution in [0, 0.1) is 18.3 Å². The number of carbonyl (C=O) groups is 2. The first-order valence-corrected chi connectivity index (χ1v) is 8.71. The van der Waals surface area contributed by atoms with Crippen LogP contribution in [0.2, 0.25) is 10.0 Å². The van der Waals surface area contributed by atoms with Crippen LogP contribution in [0.1, 0.15) is 24.3 Å². The molecule has 1 aliphatic rings. The highest BCUT2D eigenvalue weighted by Gasteiger charge is 2.43. The molecule has 0 amide bonds. The van der Waals surface area contributed by atoms with Crippen molar-refractivity contribution in [1.29, 1.82) is 0 Å². The van der Waals surface area contributed by atoms with Crippen LogP contribution < -0.4 is 4.74 Å². The molecular formula is C20H15Cl2NO3. The maximum atomic E-state index is 12.7. The normalized spacial score (nSPS) is 19.5. The second kappa shape index (κ2) is 7.49. The molecule has 2 atom stereocenters. The van der Waals surface area contributed by atoms with Gasteiger partial charge in [-0.2, -0.15) is 0 Å². The SMILES string of the molecule is C#CCC1CC(=O)C(c2c(Cl)cc(-c3ccc(Cl)cn3)cc2OC)C1=O. The van der Waals surface area contributed by atoms with Gasteiger partial charge in [-0.05, 0) is 24.3 Å². The number of hydrogen-bond donors (Lipinski definition) is 0. The molecule has 4 nitrogen and oxygen atoms in total. The lowest BCUT2D eigenvalue weighted by molar-refractivity contribution is -0.124.